The van der Waals surface area contributed by atoms with E-state index in [0.29, 0.717) is 6.42 Å². The molecule has 6 nitrogen and oxygen atoms in total. The summed E-state index contributed by atoms with van der Waals surface area (Å²) in [5, 5.41) is 22.1. The first kappa shape index (κ1) is 17.4. The van der Waals surface area contributed by atoms with Crippen molar-refractivity contribution in [3.8, 4) is 0 Å². The lowest BCUT2D eigenvalue weighted by Gasteiger charge is -2.23. The SMILES string of the molecule is O=C(O)[C@@H]1CC(O)(Cc2cccs2)CN1C(=O)OCc1ccccc1. The van der Waals surface area contributed by atoms with Crippen molar-refractivity contribution in [2.24, 2.45) is 0 Å². The Kier molecular flexibility index (Phi) is 5.06. The number of ether oxygens (including phenoxy) is 1. The summed E-state index contributed by atoms with van der Waals surface area (Å²) in [7, 11) is 0. The number of hydrogen-bond acceptors (Lipinski definition) is 5. The minimum absolute atomic E-state index is 0.0132. The molecule has 25 heavy (non-hydrogen) atoms. The lowest BCUT2D eigenvalue weighted by atomic mass is 9.95. The van der Waals surface area contributed by atoms with Crippen LogP contribution in [0.15, 0.2) is 47.8 Å². The smallest absolute Gasteiger partial charge is 0.410 e. The fourth-order valence-electron chi connectivity index (χ4n) is 3.04. The van der Waals surface area contributed by atoms with Crippen LogP contribution in [0.4, 0.5) is 4.79 Å². The van der Waals surface area contributed by atoms with Crippen molar-refractivity contribution >= 4 is 23.4 Å². The van der Waals surface area contributed by atoms with Gasteiger partial charge >= 0.3 is 12.1 Å². The predicted molar refractivity (Wildman–Crippen MR) is 92.3 cm³/mol. The Morgan fingerprint density at radius 2 is 2.00 bits per heavy atom. The third-order valence-corrected chi connectivity index (χ3v) is 5.10. The number of rotatable bonds is 5. The topological polar surface area (TPSA) is 87.1 Å². The molecule has 0 spiro atoms. The lowest BCUT2D eigenvalue weighted by molar-refractivity contribution is -0.141. The fraction of sp³-hybridized carbons (Fsp3) is 0.333. The molecule has 7 heteroatoms. The Bertz CT molecular complexity index is 733. The Morgan fingerprint density at radius 3 is 2.64 bits per heavy atom. The Labute approximate surface area is 149 Å². The molecule has 2 N–H and O–H groups in total. The molecule has 1 unspecified atom stereocenters. The van der Waals surface area contributed by atoms with E-state index in [-0.39, 0.29) is 19.6 Å². The molecule has 1 amide bonds. The van der Waals surface area contributed by atoms with E-state index in [2.05, 4.69) is 0 Å². The van der Waals surface area contributed by atoms with Crippen molar-refractivity contribution in [3.05, 3.63) is 58.3 Å². The molecule has 2 atom stereocenters. The molecule has 0 bridgehead atoms. The van der Waals surface area contributed by atoms with E-state index in [0.717, 1.165) is 15.3 Å². The average Bonchev–Trinajstić information content (AvgIpc) is 3.21. The van der Waals surface area contributed by atoms with Gasteiger partial charge < -0.3 is 14.9 Å². The largest absolute Gasteiger partial charge is 0.480 e. The van der Waals surface area contributed by atoms with Crippen LogP contribution < -0.4 is 0 Å². The number of nitrogens with zero attached hydrogens (tertiary/aromatic N) is 1. The van der Waals surface area contributed by atoms with Gasteiger partial charge in [0.15, 0.2) is 0 Å². The molecule has 0 aliphatic carbocycles. The van der Waals surface area contributed by atoms with Crippen molar-refractivity contribution in [2.45, 2.75) is 31.1 Å². The second kappa shape index (κ2) is 7.25. The number of carbonyl (C=O) groups excluding carboxylic acids is 1. The molecule has 1 aromatic carbocycles. The normalized spacial score (nSPS) is 22.8. The van der Waals surface area contributed by atoms with Crippen LogP contribution in [0.25, 0.3) is 0 Å². The summed E-state index contributed by atoms with van der Waals surface area (Å²) in [5.41, 5.74) is -0.449. The molecule has 132 valence electrons. The number of aliphatic hydroxyl groups is 1. The van der Waals surface area contributed by atoms with E-state index in [1.54, 1.807) is 0 Å². The van der Waals surface area contributed by atoms with Gasteiger partial charge in [-0.05, 0) is 17.0 Å². The number of benzene rings is 1. The zero-order chi connectivity index (χ0) is 17.9. The number of carboxylic acid groups (broad SMARTS) is 1. The van der Waals surface area contributed by atoms with Crippen LogP contribution in [0.2, 0.25) is 0 Å². The van der Waals surface area contributed by atoms with Gasteiger partial charge in [-0.25, -0.2) is 9.59 Å². The molecule has 1 aliphatic rings. The van der Waals surface area contributed by atoms with Crippen molar-refractivity contribution in [1.82, 2.24) is 4.90 Å². The van der Waals surface area contributed by atoms with Gasteiger partial charge in [-0.2, -0.15) is 0 Å². The van der Waals surface area contributed by atoms with Crippen LogP contribution in [-0.2, 0) is 22.6 Å². The molecule has 0 radical (unpaired) electrons. The number of amides is 1. The summed E-state index contributed by atoms with van der Waals surface area (Å²) in [6, 6.07) is 11.8. The van der Waals surface area contributed by atoms with E-state index in [1.165, 1.54) is 11.3 Å². The first-order chi connectivity index (χ1) is 12.0. The van der Waals surface area contributed by atoms with E-state index in [4.69, 9.17) is 4.74 Å². The molecule has 0 saturated carbocycles. The van der Waals surface area contributed by atoms with E-state index in [9.17, 15) is 19.8 Å². The van der Waals surface area contributed by atoms with E-state index >= 15 is 0 Å². The maximum atomic E-state index is 12.4. The highest BCUT2D eigenvalue weighted by molar-refractivity contribution is 7.09. The van der Waals surface area contributed by atoms with Crippen LogP contribution in [0.5, 0.6) is 0 Å². The molecular formula is C18H19NO5S. The Morgan fingerprint density at radius 1 is 1.24 bits per heavy atom. The summed E-state index contributed by atoms with van der Waals surface area (Å²) < 4.78 is 5.24. The van der Waals surface area contributed by atoms with Crippen molar-refractivity contribution in [3.63, 3.8) is 0 Å². The number of aliphatic carboxylic acids is 1. The molecule has 2 heterocycles. The summed E-state index contributed by atoms with van der Waals surface area (Å²) in [6.07, 6.45) is -0.421. The van der Waals surface area contributed by atoms with Gasteiger partial charge in [0.25, 0.3) is 0 Å². The predicted octanol–water partition coefficient (Wildman–Crippen LogP) is 2.52. The molecule has 1 saturated heterocycles. The summed E-state index contributed by atoms with van der Waals surface area (Å²) >= 11 is 1.49. The number of β-amino-alcohol motifs (C(OH)–C–C–N with tert-alkyl or cyclic N) is 1. The highest BCUT2D eigenvalue weighted by Gasteiger charge is 2.48. The number of thiophene rings is 1. The number of hydrogen-bond donors (Lipinski definition) is 2. The Balaban J connectivity index is 1.67. The molecule has 1 aliphatic heterocycles. The maximum absolute atomic E-state index is 12.4. The first-order valence-corrected chi connectivity index (χ1v) is 8.80. The molecule has 3 rings (SSSR count). The molecular weight excluding hydrogens is 342 g/mol. The number of carboxylic acids is 1. The number of carbonyl (C=O) groups is 2. The first-order valence-electron chi connectivity index (χ1n) is 7.92. The number of likely N-dealkylation sites (tertiary alicyclic amines) is 1. The van der Waals surface area contributed by atoms with Gasteiger partial charge in [-0.1, -0.05) is 36.4 Å². The van der Waals surface area contributed by atoms with Crippen LogP contribution in [-0.4, -0.2) is 45.4 Å². The highest BCUT2D eigenvalue weighted by Crippen LogP contribution is 2.32. The van der Waals surface area contributed by atoms with Crippen LogP contribution in [0.3, 0.4) is 0 Å². The fourth-order valence-corrected chi connectivity index (χ4v) is 3.88. The van der Waals surface area contributed by atoms with Crippen molar-refractivity contribution in [2.75, 3.05) is 6.54 Å². The summed E-state index contributed by atoms with van der Waals surface area (Å²) in [5.74, 6) is -1.14. The average molecular weight is 361 g/mol. The maximum Gasteiger partial charge on any atom is 0.410 e. The quantitative estimate of drug-likeness (QED) is 0.854. The van der Waals surface area contributed by atoms with Gasteiger partial charge in [-0.3, -0.25) is 4.90 Å². The zero-order valence-electron chi connectivity index (χ0n) is 13.5. The van der Waals surface area contributed by atoms with E-state index in [1.807, 2.05) is 47.8 Å². The lowest BCUT2D eigenvalue weighted by Crippen LogP contribution is -2.41. The Hall–Kier alpha value is -2.38. The van der Waals surface area contributed by atoms with E-state index < -0.39 is 23.7 Å². The standard InChI is InChI=1S/C18H19NO5S/c20-16(21)15-10-18(23,9-14-7-4-8-25-14)12-19(15)17(22)24-11-13-5-2-1-3-6-13/h1-8,15,23H,9-12H2,(H,20,21)/t15-,18?/m0/s1. The zero-order valence-corrected chi connectivity index (χ0v) is 14.3. The monoisotopic (exact) mass is 361 g/mol. The van der Waals surface area contributed by atoms with Crippen LogP contribution in [0.1, 0.15) is 16.9 Å². The summed E-state index contributed by atoms with van der Waals surface area (Å²) in [4.78, 5) is 25.9. The van der Waals surface area contributed by atoms with Crippen LogP contribution in [0, 0.1) is 0 Å². The van der Waals surface area contributed by atoms with Gasteiger partial charge in [0, 0.05) is 17.7 Å². The van der Waals surface area contributed by atoms with Crippen molar-refractivity contribution < 1.29 is 24.5 Å². The van der Waals surface area contributed by atoms with Gasteiger partial charge in [-0.15, -0.1) is 11.3 Å². The molecule has 1 fully saturated rings. The second-order valence-electron chi connectivity index (χ2n) is 6.21. The van der Waals surface area contributed by atoms with Crippen LogP contribution >= 0.6 is 11.3 Å². The highest BCUT2D eigenvalue weighted by atomic mass is 32.1. The minimum atomic E-state index is -1.26. The summed E-state index contributed by atoms with van der Waals surface area (Å²) in [6.45, 7) is 0.00134. The third-order valence-electron chi connectivity index (χ3n) is 4.22. The van der Waals surface area contributed by atoms with Gasteiger partial charge in [0.2, 0.25) is 0 Å². The molecule has 2 aromatic rings. The van der Waals surface area contributed by atoms with Gasteiger partial charge in [0.1, 0.15) is 12.6 Å². The third kappa shape index (κ3) is 4.18. The second-order valence-corrected chi connectivity index (χ2v) is 7.24. The van der Waals surface area contributed by atoms with Gasteiger partial charge in [0.05, 0.1) is 12.1 Å². The van der Waals surface area contributed by atoms with Crippen molar-refractivity contribution in [1.29, 1.82) is 0 Å². The minimum Gasteiger partial charge on any atom is -0.480 e. The molecule has 1 aromatic heterocycles.